The molecule has 0 spiro atoms. The molecule has 0 radical (unpaired) electrons. The first kappa shape index (κ1) is 12.9. The second-order valence-corrected chi connectivity index (χ2v) is 6.07. The highest BCUT2D eigenvalue weighted by Gasteiger charge is 2.25. The van der Waals surface area contributed by atoms with Crippen molar-refractivity contribution in [3.8, 4) is 0 Å². The molecule has 1 aromatic heterocycles. The summed E-state index contributed by atoms with van der Waals surface area (Å²) in [4.78, 5) is 11.6. The quantitative estimate of drug-likeness (QED) is 0.902. The van der Waals surface area contributed by atoms with Gasteiger partial charge in [-0.3, -0.25) is 4.98 Å². The van der Waals surface area contributed by atoms with Gasteiger partial charge in [0.05, 0.1) is 18.1 Å². The number of aromatic nitrogens is 2. The van der Waals surface area contributed by atoms with Crippen molar-refractivity contribution in [1.82, 2.24) is 15.3 Å². The second kappa shape index (κ2) is 5.45. The SMILES string of the molecule is CC1CCCN(c2cnc(CNC3CC3)cn2)C1C. The van der Waals surface area contributed by atoms with Crippen LogP contribution in [0.15, 0.2) is 12.4 Å². The monoisotopic (exact) mass is 260 g/mol. The number of nitrogens with zero attached hydrogens (tertiary/aromatic N) is 3. The summed E-state index contributed by atoms with van der Waals surface area (Å²) in [5.74, 6) is 1.78. The molecular weight excluding hydrogens is 236 g/mol. The topological polar surface area (TPSA) is 41.1 Å². The maximum Gasteiger partial charge on any atom is 0.147 e. The van der Waals surface area contributed by atoms with E-state index >= 15 is 0 Å². The van der Waals surface area contributed by atoms with E-state index in [1.165, 1.54) is 25.7 Å². The molecule has 1 aliphatic carbocycles. The van der Waals surface area contributed by atoms with Crippen LogP contribution in [0, 0.1) is 5.92 Å². The first-order valence-electron chi connectivity index (χ1n) is 7.55. The lowest BCUT2D eigenvalue weighted by Gasteiger charge is -2.38. The largest absolute Gasteiger partial charge is 0.352 e. The van der Waals surface area contributed by atoms with Crippen molar-refractivity contribution in [3.63, 3.8) is 0 Å². The van der Waals surface area contributed by atoms with Crippen LogP contribution < -0.4 is 10.2 Å². The molecule has 19 heavy (non-hydrogen) atoms. The van der Waals surface area contributed by atoms with E-state index in [0.717, 1.165) is 36.6 Å². The Bertz CT molecular complexity index is 413. The Morgan fingerprint density at radius 3 is 2.74 bits per heavy atom. The Morgan fingerprint density at radius 1 is 1.21 bits per heavy atom. The van der Waals surface area contributed by atoms with Gasteiger partial charge in [-0.05, 0) is 38.5 Å². The second-order valence-electron chi connectivity index (χ2n) is 6.07. The van der Waals surface area contributed by atoms with Crippen molar-refractivity contribution < 1.29 is 0 Å². The lowest BCUT2D eigenvalue weighted by molar-refractivity contribution is 0.361. The average molecular weight is 260 g/mol. The van der Waals surface area contributed by atoms with Gasteiger partial charge in [-0.1, -0.05) is 6.92 Å². The van der Waals surface area contributed by atoms with Crippen LogP contribution >= 0.6 is 0 Å². The lowest BCUT2D eigenvalue weighted by Crippen LogP contribution is -2.43. The van der Waals surface area contributed by atoms with Gasteiger partial charge in [-0.25, -0.2) is 4.98 Å². The minimum absolute atomic E-state index is 0.568. The van der Waals surface area contributed by atoms with E-state index in [4.69, 9.17) is 0 Å². The summed E-state index contributed by atoms with van der Waals surface area (Å²) in [7, 11) is 0. The van der Waals surface area contributed by atoms with Crippen molar-refractivity contribution in [3.05, 3.63) is 18.1 Å². The van der Waals surface area contributed by atoms with Gasteiger partial charge in [0.1, 0.15) is 5.82 Å². The van der Waals surface area contributed by atoms with Gasteiger partial charge in [0, 0.05) is 25.2 Å². The van der Waals surface area contributed by atoms with Crippen molar-refractivity contribution in [2.75, 3.05) is 11.4 Å². The number of hydrogen-bond acceptors (Lipinski definition) is 4. The first-order chi connectivity index (χ1) is 9.24. The normalized spacial score (nSPS) is 27.6. The number of anilines is 1. The summed E-state index contributed by atoms with van der Waals surface area (Å²) in [6.45, 7) is 6.59. The van der Waals surface area contributed by atoms with Gasteiger partial charge in [0.2, 0.25) is 0 Å². The van der Waals surface area contributed by atoms with E-state index < -0.39 is 0 Å². The zero-order chi connectivity index (χ0) is 13.2. The minimum atomic E-state index is 0.568. The van der Waals surface area contributed by atoms with E-state index in [2.05, 4.69) is 34.0 Å². The fraction of sp³-hybridized carbons (Fsp3) is 0.733. The third kappa shape index (κ3) is 3.06. The first-order valence-corrected chi connectivity index (χ1v) is 7.55. The molecule has 2 heterocycles. The summed E-state index contributed by atoms with van der Waals surface area (Å²) in [5, 5.41) is 3.47. The van der Waals surface area contributed by atoms with Gasteiger partial charge in [-0.2, -0.15) is 0 Å². The maximum absolute atomic E-state index is 4.61. The molecule has 0 bridgehead atoms. The zero-order valence-electron chi connectivity index (χ0n) is 12.0. The van der Waals surface area contributed by atoms with Gasteiger partial charge in [-0.15, -0.1) is 0 Å². The van der Waals surface area contributed by atoms with E-state index in [0.29, 0.717) is 6.04 Å². The molecule has 2 aliphatic rings. The molecule has 1 N–H and O–H groups in total. The molecule has 1 saturated heterocycles. The van der Waals surface area contributed by atoms with Gasteiger partial charge >= 0.3 is 0 Å². The van der Waals surface area contributed by atoms with E-state index in [1.54, 1.807) is 0 Å². The molecule has 3 rings (SSSR count). The van der Waals surface area contributed by atoms with Crippen LogP contribution in [-0.2, 0) is 6.54 Å². The summed E-state index contributed by atoms with van der Waals surface area (Å²) in [5.41, 5.74) is 1.05. The Labute approximate surface area is 115 Å². The molecule has 1 saturated carbocycles. The van der Waals surface area contributed by atoms with Crippen LogP contribution in [0.25, 0.3) is 0 Å². The minimum Gasteiger partial charge on any atom is -0.352 e. The molecular formula is C15H24N4. The Kier molecular flexibility index (Phi) is 3.69. The fourth-order valence-corrected chi connectivity index (χ4v) is 2.78. The standard InChI is InChI=1S/C15H24N4/c1-11-4-3-7-19(12(11)2)15-10-17-14(9-18-15)8-16-13-5-6-13/h9-13,16H,3-8H2,1-2H3. The van der Waals surface area contributed by atoms with Crippen molar-refractivity contribution in [2.45, 2.75) is 58.2 Å². The Hall–Kier alpha value is -1.16. The van der Waals surface area contributed by atoms with E-state index in [1.807, 2.05) is 12.4 Å². The third-order valence-electron chi connectivity index (χ3n) is 4.51. The van der Waals surface area contributed by atoms with Gasteiger partial charge in [0.15, 0.2) is 0 Å². The third-order valence-corrected chi connectivity index (χ3v) is 4.51. The number of rotatable bonds is 4. The van der Waals surface area contributed by atoms with Crippen LogP contribution in [0.4, 0.5) is 5.82 Å². The zero-order valence-corrected chi connectivity index (χ0v) is 12.0. The molecule has 2 unspecified atom stereocenters. The van der Waals surface area contributed by atoms with Crippen LogP contribution in [0.3, 0.4) is 0 Å². The summed E-state index contributed by atoms with van der Waals surface area (Å²) >= 11 is 0. The summed E-state index contributed by atoms with van der Waals surface area (Å²) in [6, 6.07) is 1.29. The van der Waals surface area contributed by atoms with E-state index in [-0.39, 0.29) is 0 Å². The van der Waals surface area contributed by atoms with Crippen LogP contribution in [-0.4, -0.2) is 28.6 Å². The average Bonchev–Trinajstić information content (AvgIpc) is 3.25. The molecule has 2 fully saturated rings. The Morgan fingerprint density at radius 2 is 2.05 bits per heavy atom. The number of piperidine rings is 1. The van der Waals surface area contributed by atoms with E-state index in [9.17, 15) is 0 Å². The highest BCUT2D eigenvalue weighted by molar-refractivity contribution is 5.38. The van der Waals surface area contributed by atoms with Crippen molar-refractivity contribution in [2.24, 2.45) is 5.92 Å². The van der Waals surface area contributed by atoms with Gasteiger partial charge < -0.3 is 10.2 Å². The lowest BCUT2D eigenvalue weighted by atomic mass is 9.92. The predicted octanol–water partition coefficient (Wildman–Crippen LogP) is 2.35. The summed E-state index contributed by atoms with van der Waals surface area (Å²) < 4.78 is 0. The van der Waals surface area contributed by atoms with Crippen LogP contribution in [0.1, 0.15) is 45.2 Å². The predicted molar refractivity (Wildman–Crippen MR) is 77.1 cm³/mol. The molecule has 0 aromatic carbocycles. The number of hydrogen-bond donors (Lipinski definition) is 1. The molecule has 4 heteroatoms. The smallest absolute Gasteiger partial charge is 0.147 e. The summed E-state index contributed by atoms with van der Waals surface area (Å²) in [6.07, 6.45) is 9.09. The number of nitrogens with one attached hydrogen (secondary N) is 1. The van der Waals surface area contributed by atoms with Crippen molar-refractivity contribution >= 4 is 5.82 Å². The van der Waals surface area contributed by atoms with Crippen LogP contribution in [0.2, 0.25) is 0 Å². The van der Waals surface area contributed by atoms with Gasteiger partial charge in [0.25, 0.3) is 0 Å². The molecule has 0 amide bonds. The highest BCUT2D eigenvalue weighted by Crippen LogP contribution is 2.26. The molecule has 4 nitrogen and oxygen atoms in total. The van der Waals surface area contributed by atoms with Crippen molar-refractivity contribution in [1.29, 1.82) is 0 Å². The maximum atomic E-state index is 4.61. The molecule has 104 valence electrons. The highest BCUT2D eigenvalue weighted by atomic mass is 15.2. The molecule has 1 aromatic rings. The van der Waals surface area contributed by atoms with Crippen LogP contribution in [0.5, 0.6) is 0 Å². The molecule has 1 aliphatic heterocycles. The Balaban J connectivity index is 1.63. The fourth-order valence-electron chi connectivity index (χ4n) is 2.78. The molecule has 2 atom stereocenters.